The first kappa shape index (κ1) is 13.8. The summed E-state index contributed by atoms with van der Waals surface area (Å²) >= 11 is 11.7. The van der Waals surface area contributed by atoms with Crippen LogP contribution in [0.4, 0.5) is 16.2 Å². The second-order valence-corrected chi connectivity index (χ2v) is 4.78. The van der Waals surface area contributed by atoms with Gasteiger partial charge >= 0.3 is 6.09 Å². The summed E-state index contributed by atoms with van der Waals surface area (Å²) in [5.74, 6) is -0.408. The van der Waals surface area contributed by atoms with E-state index in [0.29, 0.717) is 11.6 Å². The Kier molecular flexibility index (Phi) is 4.01. The molecule has 1 heterocycles. The summed E-state index contributed by atoms with van der Waals surface area (Å²) in [6, 6.07) is 2.95. The van der Waals surface area contributed by atoms with Crippen LogP contribution in [0, 0.1) is 0 Å². The van der Waals surface area contributed by atoms with E-state index in [0.717, 1.165) is 0 Å². The van der Waals surface area contributed by atoms with Crippen LogP contribution < -0.4 is 11.1 Å². The van der Waals surface area contributed by atoms with Crippen LogP contribution in [0.2, 0.25) is 10.0 Å². The molecule has 1 fully saturated rings. The lowest BCUT2D eigenvalue weighted by Gasteiger charge is -2.14. The molecule has 1 saturated heterocycles. The number of amides is 2. The number of nitrogens with one attached hydrogen (secondary N) is 1. The van der Waals surface area contributed by atoms with E-state index >= 15 is 0 Å². The standard InChI is InChI=1S/C11H11Cl2N3O3/c12-6-3-7(13)10(8(14)4-6)15-9(17)5-16-1-2-19-11(16)18/h3-4H,1-2,5,14H2,(H,15,17). The van der Waals surface area contributed by atoms with Gasteiger partial charge in [0.25, 0.3) is 0 Å². The molecular weight excluding hydrogens is 293 g/mol. The minimum absolute atomic E-state index is 0.114. The number of hydrogen-bond acceptors (Lipinski definition) is 4. The summed E-state index contributed by atoms with van der Waals surface area (Å²) in [7, 11) is 0. The average molecular weight is 304 g/mol. The highest BCUT2D eigenvalue weighted by molar-refractivity contribution is 6.37. The van der Waals surface area contributed by atoms with Crippen LogP contribution in [-0.4, -0.2) is 36.6 Å². The molecule has 1 aromatic carbocycles. The van der Waals surface area contributed by atoms with Crippen molar-refractivity contribution >= 4 is 46.6 Å². The quantitative estimate of drug-likeness (QED) is 0.836. The van der Waals surface area contributed by atoms with E-state index < -0.39 is 12.0 Å². The largest absolute Gasteiger partial charge is 0.448 e. The molecular formula is C11H11Cl2N3O3. The molecule has 0 radical (unpaired) electrons. The number of benzene rings is 1. The van der Waals surface area contributed by atoms with Crippen molar-refractivity contribution in [3.05, 3.63) is 22.2 Å². The number of halogens is 2. The number of nitrogens with two attached hydrogens (primary N) is 1. The van der Waals surface area contributed by atoms with Crippen LogP contribution in [0.25, 0.3) is 0 Å². The molecule has 0 saturated carbocycles. The van der Waals surface area contributed by atoms with Crippen LogP contribution >= 0.6 is 23.2 Å². The summed E-state index contributed by atoms with van der Waals surface area (Å²) in [5, 5.41) is 3.17. The van der Waals surface area contributed by atoms with E-state index in [1.165, 1.54) is 17.0 Å². The average Bonchev–Trinajstić information content (AvgIpc) is 2.69. The topological polar surface area (TPSA) is 84.7 Å². The number of nitrogens with zero attached hydrogens (tertiary/aromatic N) is 1. The van der Waals surface area contributed by atoms with Gasteiger partial charge < -0.3 is 15.8 Å². The summed E-state index contributed by atoms with van der Waals surface area (Å²) in [6.07, 6.45) is -0.509. The van der Waals surface area contributed by atoms with E-state index in [1.807, 2.05) is 0 Å². The van der Waals surface area contributed by atoms with Crippen molar-refractivity contribution < 1.29 is 14.3 Å². The van der Waals surface area contributed by atoms with Gasteiger partial charge in [-0.05, 0) is 12.1 Å². The Balaban J connectivity index is 2.05. The Labute approximate surface area is 119 Å². The molecule has 2 rings (SSSR count). The van der Waals surface area contributed by atoms with Gasteiger partial charge in [0.15, 0.2) is 0 Å². The fraction of sp³-hybridized carbons (Fsp3) is 0.273. The van der Waals surface area contributed by atoms with E-state index in [-0.39, 0.29) is 29.5 Å². The van der Waals surface area contributed by atoms with Crippen molar-refractivity contribution in [1.82, 2.24) is 4.90 Å². The normalized spacial score (nSPS) is 14.4. The number of nitrogen functional groups attached to an aromatic ring is 1. The van der Waals surface area contributed by atoms with Gasteiger partial charge in [0.1, 0.15) is 13.2 Å². The smallest absolute Gasteiger partial charge is 0.410 e. The molecule has 3 N–H and O–H groups in total. The van der Waals surface area contributed by atoms with Gasteiger partial charge in [-0.2, -0.15) is 0 Å². The minimum Gasteiger partial charge on any atom is -0.448 e. The van der Waals surface area contributed by atoms with Crippen LogP contribution in [0.5, 0.6) is 0 Å². The van der Waals surface area contributed by atoms with Crippen molar-refractivity contribution in [2.45, 2.75) is 0 Å². The number of ether oxygens (including phenoxy) is 1. The summed E-state index contributed by atoms with van der Waals surface area (Å²) < 4.78 is 4.72. The molecule has 19 heavy (non-hydrogen) atoms. The zero-order valence-electron chi connectivity index (χ0n) is 9.78. The van der Waals surface area contributed by atoms with Crippen molar-refractivity contribution in [3.8, 4) is 0 Å². The Bertz CT molecular complexity index is 513. The van der Waals surface area contributed by atoms with Crippen LogP contribution in [-0.2, 0) is 9.53 Å². The lowest BCUT2D eigenvalue weighted by molar-refractivity contribution is -0.116. The molecule has 0 unspecified atom stereocenters. The van der Waals surface area contributed by atoms with E-state index in [4.69, 9.17) is 33.7 Å². The van der Waals surface area contributed by atoms with Crippen LogP contribution in [0.1, 0.15) is 0 Å². The third-order valence-corrected chi connectivity index (χ3v) is 3.05. The molecule has 1 aromatic rings. The highest BCUT2D eigenvalue weighted by atomic mass is 35.5. The van der Waals surface area contributed by atoms with E-state index in [9.17, 15) is 9.59 Å². The Hall–Kier alpha value is -1.66. The molecule has 0 aliphatic carbocycles. The van der Waals surface area contributed by atoms with Crippen molar-refractivity contribution in [2.75, 3.05) is 30.7 Å². The van der Waals surface area contributed by atoms with Gasteiger partial charge in [-0.3, -0.25) is 9.69 Å². The molecule has 1 aliphatic rings. The van der Waals surface area contributed by atoms with Gasteiger partial charge in [-0.15, -0.1) is 0 Å². The molecule has 0 aromatic heterocycles. The molecule has 1 aliphatic heterocycles. The number of carbonyl (C=O) groups excluding carboxylic acids is 2. The van der Waals surface area contributed by atoms with Gasteiger partial charge in [-0.1, -0.05) is 23.2 Å². The maximum absolute atomic E-state index is 11.8. The van der Waals surface area contributed by atoms with Crippen molar-refractivity contribution in [2.24, 2.45) is 0 Å². The molecule has 8 heteroatoms. The second-order valence-electron chi connectivity index (χ2n) is 3.94. The molecule has 0 spiro atoms. The maximum atomic E-state index is 11.8. The van der Waals surface area contributed by atoms with Gasteiger partial charge in [0, 0.05) is 5.02 Å². The summed E-state index contributed by atoms with van der Waals surface area (Å²) in [5.41, 5.74) is 6.26. The summed E-state index contributed by atoms with van der Waals surface area (Å²) in [4.78, 5) is 24.3. The van der Waals surface area contributed by atoms with Crippen LogP contribution in [0.3, 0.4) is 0 Å². The third kappa shape index (κ3) is 3.21. The van der Waals surface area contributed by atoms with Crippen molar-refractivity contribution in [3.63, 3.8) is 0 Å². The minimum atomic E-state index is -0.509. The number of carbonyl (C=O) groups is 2. The molecule has 0 bridgehead atoms. The van der Waals surface area contributed by atoms with E-state index in [1.54, 1.807) is 0 Å². The first-order chi connectivity index (χ1) is 8.97. The molecule has 6 nitrogen and oxygen atoms in total. The Morgan fingerprint density at radius 2 is 2.21 bits per heavy atom. The number of rotatable bonds is 3. The zero-order valence-corrected chi connectivity index (χ0v) is 11.3. The second kappa shape index (κ2) is 5.54. The number of cyclic esters (lactones) is 1. The number of hydrogen-bond donors (Lipinski definition) is 2. The lowest BCUT2D eigenvalue weighted by atomic mass is 10.2. The SMILES string of the molecule is Nc1cc(Cl)cc(Cl)c1NC(=O)CN1CCOC1=O. The fourth-order valence-corrected chi connectivity index (χ4v) is 2.20. The number of anilines is 2. The molecule has 102 valence electrons. The first-order valence-corrected chi connectivity index (χ1v) is 6.19. The highest BCUT2D eigenvalue weighted by Crippen LogP contribution is 2.31. The van der Waals surface area contributed by atoms with E-state index in [2.05, 4.69) is 5.32 Å². The third-order valence-electron chi connectivity index (χ3n) is 2.53. The molecule has 0 atom stereocenters. The maximum Gasteiger partial charge on any atom is 0.410 e. The fourth-order valence-electron chi connectivity index (χ4n) is 1.65. The highest BCUT2D eigenvalue weighted by Gasteiger charge is 2.24. The predicted molar refractivity (Wildman–Crippen MR) is 72.4 cm³/mol. The zero-order chi connectivity index (χ0) is 14.0. The molecule has 2 amide bonds. The Morgan fingerprint density at radius 3 is 2.79 bits per heavy atom. The van der Waals surface area contributed by atoms with Gasteiger partial charge in [0.2, 0.25) is 5.91 Å². The van der Waals surface area contributed by atoms with Crippen LogP contribution in [0.15, 0.2) is 12.1 Å². The first-order valence-electron chi connectivity index (χ1n) is 5.43. The lowest BCUT2D eigenvalue weighted by Crippen LogP contribution is -2.34. The Morgan fingerprint density at radius 1 is 1.47 bits per heavy atom. The van der Waals surface area contributed by atoms with Gasteiger partial charge in [0.05, 0.1) is 22.9 Å². The summed E-state index contributed by atoms with van der Waals surface area (Å²) in [6.45, 7) is 0.559. The van der Waals surface area contributed by atoms with Gasteiger partial charge in [-0.25, -0.2) is 4.79 Å². The van der Waals surface area contributed by atoms with Crippen molar-refractivity contribution in [1.29, 1.82) is 0 Å². The predicted octanol–water partition coefficient (Wildman–Crippen LogP) is 1.97. The monoisotopic (exact) mass is 303 g/mol.